The highest BCUT2D eigenvalue weighted by Gasteiger charge is 2.06. The van der Waals surface area contributed by atoms with Crippen molar-refractivity contribution in [1.29, 1.82) is 0 Å². The first-order valence-corrected chi connectivity index (χ1v) is 6.08. The van der Waals surface area contributed by atoms with Gasteiger partial charge in [0.25, 0.3) is 0 Å². The Morgan fingerprint density at radius 2 is 2.07 bits per heavy atom. The molecule has 6 heteroatoms. The van der Waals surface area contributed by atoms with Gasteiger partial charge in [-0.25, -0.2) is 18.4 Å². The number of nitrogens with zero attached hydrogens (tertiary/aromatic N) is 2. The van der Waals surface area contributed by atoms with Crippen molar-refractivity contribution in [3.63, 3.8) is 0 Å². The number of anilines is 1. The van der Waals surface area contributed by atoms with Crippen LogP contribution in [0.1, 0.15) is 25.5 Å². The first-order chi connectivity index (χ1) is 6.38. The van der Waals surface area contributed by atoms with E-state index in [1.807, 2.05) is 13.8 Å². The third-order valence-electron chi connectivity index (χ3n) is 1.55. The second-order valence-electron chi connectivity index (χ2n) is 3.33. The molecule has 0 atom stereocenters. The smallest absolute Gasteiger partial charge is 0.236 e. The summed E-state index contributed by atoms with van der Waals surface area (Å²) in [7, 11) is -3.29. The van der Waals surface area contributed by atoms with Crippen molar-refractivity contribution in [3.05, 3.63) is 18.0 Å². The molecule has 0 bridgehead atoms. The van der Waals surface area contributed by atoms with Gasteiger partial charge in [-0.3, -0.25) is 4.72 Å². The molecule has 0 aliphatic carbocycles. The molecule has 1 N–H and O–H groups in total. The van der Waals surface area contributed by atoms with Gasteiger partial charge < -0.3 is 0 Å². The molecule has 0 amide bonds. The van der Waals surface area contributed by atoms with Crippen molar-refractivity contribution in [1.82, 2.24) is 9.97 Å². The topological polar surface area (TPSA) is 72.0 Å². The van der Waals surface area contributed by atoms with Crippen LogP contribution in [0, 0.1) is 0 Å². The summed E-state index contributed by atoms with van der Waals surface area (Å²) in [6.45, 7) is 3.96. The highest BCUT2D eigenvalue weighted by Crippen LogP contribution is 2.12. The average Bonchev–Trinajstić information content (AvgIpc) is 2.01. The Hall–Kier alpha value is -1.17. The SMILES string of the molecule is CC(C)c1ccnc(NS(C)(=O)=O)n1. The molecule has 0 spiro atoms. The predicted molar refractivity (Wildman–Crippen MR) is 54.6 cm³/mol. The monoisotopic (exact) mass is 215 g/mol. The summed E-state index contributed by atoms with van der Waals surface area (Å²) < 4.78 is 24.0. The molecule has 0 aromatic carbocycles. The third-order valence-corrected chi connectivity index (χ3v) is 2.10. The number of nitrogens with one attached hydrogen (secondary N) is 1. The van der Waals surface area contributed by atoms with Gasteiger partial charge in [-0.05, 0) is 12.0 Å². The van der Waals surface area contributed by atoms with E-state index in [2.05, 4.69) is 14.7 Å². The summed E-state index contributed by atoms with van der Waals surface area (Å²) in [4.78, 5) is 7.86. The van der Waals surface area contributed by atoms with Crippen LogP contribution in [-0.4, -0.2) is 24.6 Å². The molecule has 0 aliphatic heterocycles. The predicted octanol–water partition coefficient (Wildman–Crippen LogP) is 0.972. The summed E-state index contributed by atoms with van der Waals surface area (Å²) in [5.41, 5.74) is 0.811. The fourth-order valence-electron chi connectivity index (χ4n) is 0.909. The summed E-state index contributed by atoms with van der Waals surface area (Å²) in [6, 6.07) is 1.76. The van der Waals surface area contributed by atoms with E-state index >= 15 is 0 Å². The number of hydrogen-bond donors (Lipinski definition) is 1. The summed E-state index contributed by atoms with van der Waals surface area (Å²) in [5, 5.41) is 0. The Balaban J connectivity index is 2.95. The van der Waals surface area contributed by atoms with E-state index in [0.717, 1.165) is 11.9 Å². The van der Waals surface area contributed by atoms with Gasteiger partial charge in [-0.15, -0.1) is 0 Å². The number of aromatic nitrogens is 2. The minimum atomic E-state index is -3.29. The van der Waals surface area contributed by atoms with E-state index in [9.17, 15) is 8.42 Å². The van der Waals surface area contributed by atoms with E-state index < -0.39 is 10.0 Å². The zero-order valence-electron chi connectivity index (χ0n) is 8.35. The quantitative estimate of drug-likeness (QED) is 0.815. The van der Waals surface area contributed by atoms with Crippen molar-refractivity contribution in [3.8, 4) is 0 Å². The van der Waals surface area contributed by atoms with E-state index in [0.29, 0.717) is 0 Å². The van der Waals surface area contributed by atoms with Gasteiger partial charge in [-0.2, -0.15) is 0 Å². The van der Waals surface area contributed by atoms with E-state index in [1.54, 1.807) is 6.07 Å². The fourth-order valence-corrected chi connectivity index (χ4v) is 1.34. The highest BCUT2D eigenvalue weighted by atomic mass is 32.2. The van der Waals surface area contributed by atoms with E-state index in [4.69, 9.17) is 0 Å². The molecule has 1 heterocycles. The minimum Gasteiger partial charge on any atom is -0.251 e. The molecule has 0 radical (unpaired) electrons. The molecule has 1 aromatic rings. The van der Waals surface area contributed by atoms with Gasteiger partial charge >= 0.3 is 0 Å². The van der Waals surface area contributed by atoms with Crippen LogP contribution >= 0.6 is 0 Å². The van der Waals surface area contributed by atoms with Crippen molar-refractivity contribution in [2.75, 3.05) is 11.0 Å². The van der Waals surface area contributed by atoms with Crippen LogP contribution < -0.4 is 4.72 Å². The lowest BCUT2D eigenvalue weighted by molar-refractivity contribution is 0.606. The molecule has 0 unspecified atom stereocenters. The summed E-state index contributed by atoms with van der Waals surface area (Å²) in [5.74, 6) is 0.372. The second kappa shape index (κ2) is 3.91. The highest BCUT2D eigenvalue weighted by molar-refractivity contribution is 7.91. The second-order valence-corrected chi connectivity index (χ2v) is 5.08. The zero-order chi connectivity index (χ0) is 10.8. The van der Waals surface area contributed by atoms with Gasteiger partial charge in [0.05, 0.1) is 6.26 Å². The molecule has 0 aliphatic rings. The van der Waals surface area contributed by atoms with Crippen LogP contribution in [0.15, 0.2) is 12.3 Å². The standard InChI is InChI=1S/C8H13N3O2S/c1-6(2)7-4-5-9-8(10-7)11-14(3,12)13/h4-6H,1-3H3,(H,9,10,11). The largest absolute Gasteiger partial charge is 0.251 e. The molecule has 1 rings (SSSR count). The Morgan fingerprint density at radius 3 is 2.57 bits per heavy atom. The molecule has 0 fully saturated rings. The van der Waals surface area contributed by atoms with Gasteiger partial charge in [0.1, 0.15) is 0 Å². The maximum absolute atomic E-state index is 10.9. The lowest BCUT2D eigenvalue weighted by atomic mass is 10.1. The maximum atomic E-state index is 10.9. The summed E-state index contributed by atoms with van der Waals surface area (Å²) >= 11 is 0. The van der Waals surface area contributed by atoms with E-state index in [1.165, 1.54) is 6.20 Å². The van der Waals surface area contributed by atoms with Gasteiger partial charge in [0.2, 0.25) is 16.0 Å². The number of rotatable bonds is 3. The van der Waals surface area contributed by atoms with E-state index in [-0.39, 0.29) is 11.9 Å². The fraction of sp³-hybridized carbons (Fsp3) is 0.500. The van der Waals surface area contributed by atoms with Crippen molar-refractivity contribution >= 4 is 16.0 Å². The zero-order valence-corrected chi connectivity index (χ0v) is 9.17. The van der Waals surface area contributed by atoms with Gasteiger partial charge in [0, 0.05) is 11.9 Å². The minimum absolute atomic E-state index is 0.124. The third kappa shape index (κ3) is 3.29. The first kappa shape index (κ1) is 10.9. The molecule has 1 aromatic heterocycles. The number of hydrogen-bond acceptors (Lipinski definition) is 4. The normalized spacial score (nSPS) is 11.7. The molecule has 78 valence electrons. The van der Waals surface area contributed by atoms with Crippen LogP contribution in [-0.2, 0) is 10.0 Å². The molecular formula is C8H13N3O2S. The lowest BCUT2D eigenvalue weighted by Crippen LogP contribution is -2.13. The Kier molecular flexibility index (Phi) is 3.05. The Labute approximate surface area is 83.6 Å². The van der Waals surface area contributed by atoms with Crippen LogP contribution in [0.3, 0.4) is 0 Å². The molecular weight excluding hydrogens is 202 g/mol. The first-order valence-electron chi connectivity index (χ1n) is 4.19. The van der Waals surface area contributed by atoms with Crippen LogP contribution in [0.25, 0.3) is 0 Å². The Bertz CT molecular complexity index is 414. The average molecular weight is 215 g/mol. The van der Waals surface area contributed by atoms with Crippen molar-refractivity contribution in [2.24, 2.45) is 0 Å². The van der Waals surface area contributed by atoms with Gasteiger partial charge in [0.15, 0.2) is 0 Å². The Morgan fingerprint density at radius 1 is 1.43 bits per heavy atom. The molecule has 5 nitrogen and oxygen atoms in total. The van der Waals surface area contributed by atoms with Crippen LogP contribution in [0.2, 0.25) is 0 Å². The maximum Gasteiger partial charge on any atom is 0.236 e. The lowest BCUT2D eigenvalue weighted by Gasteiger charge is -2.06. The number of sulfonamides is 1. The molecule has 0 saturated heterocycles. The molecule has 14 heavy (non-hydrogen) atoms. The van der Waals surface area contributed by atoms with Crippen molar-refractivity contribution in [2.45, 2.75) is 19.8 Å². The van der Waals surface area contributed by atoms with Crippen LogP contribution in [0.5, 0.6) is 0 Å². The van der Waals surface area contributed by atoms with Crippen molar-refractivity contribution < 1.29 is 8.42 Å². The summed E-state index contributed by atoms with van der Waals surface area (Å²) in [6.07, 6.45) is 2.61. The van der Waals surface area contributed by atoms with Gasteiger partial charge in [-0.1, -0.05) is 13.8 Å². The van der Waals surface area contributed by atoms with Crippen LogP contribution in [0.4, 0.5) is 5.95 Å². The molecule has 0 saturated carbocycles.